The first-order valence-corrected chi connectivity index (χ1v) is 9.77. The maximum absolute atomic E-state index is 12.1. The first-order chi connectivity index (χ1) is 11.6. The molecule has 1 N–H and O–H groups in total. The molecule has 0 unspecified atom stereocenters. The Kier molecular flexibility index (Phi) is 5.53. The fourth-order valence-corrected chi connectivity index (χ4v) is 4.19. The van der Waals surface area contributed by atoms with Crippen molar-refractivity contribution < 1.29 is 4.79 Å². The Labute approximate surface area is 150 Å². The summed E-state index contributed by atoms with van der Waals surface area (Å²) < 4.78 is 1.11. The van der Waals surface area contributed by atoms with E-state index in [0.717, 1.165) is 28.0 Å². The molecule has 0 aliphatic rings. The first kappa shape index (κ1) is 17.0. The number of thioether (sulfide) groups is 1. The van der Waals surface area contributed by atoms with E-state index in [1.165, 1.54) is 21.8 Å². The Morgan fingerprint density at radius 3 is 2.71 bits per heavy atom. The lowest BCUT2D eigenvalue weighted by Crippen LogP contribution is -2.11. The summed E-state index contributed by atoms with van der Waals surface area (Å²) in [5.74, 6) is 0.978. The highest BCUT2D eigenvalue weighted by molar-refractivity contribution is 7.99. The molecule has 0 aliphatic carbocycles. The second-order valence-electron chi connectivity index (χ2n) is 5.75. The molecule has 1 amide bonds. The lowest BCUT2D eigenvalue weighted by Gasteiger charge is -2.03. The lowest BCUT2D eigenvalue weighted by molar-refractivity contribution is -0.116. The number of rotatable bonds is 6. The van der Waals surface area contributed by atoms with Crippen LogP contribution in [-0.2, 0) is 4.79 Å². The summed E-state index contributed by atoms with van der Waals surface area (Å²) in [5.41, 5.74) is 3.39. The van der Waals surface area contributed by atoms with Crippen LogP contribution in [0.2, 0.25) is 0 Å². The Hall–Kier alpha value is -1.85. The van der Waals surface area contributed by atoms with Gasteiger partial charge in [0, 0.05) is 11.3 Å². The number of aryl methyl sites for hydroxylation is 2. The highest BCUT2D eigenvalue weighted by atomic mass is 32.2. The SMILES string of the molecule is Cc1ccc(SCCCC(=O)Nc2nc3c(C)cccc3s2)cc1. The van der Waals surface area contributed by atoms with Crippen molar-refractivity contribution in [3.05, 3.63) is 53.6 Å². The van der Waals surface area contributed by atoms with Crippen molar-refractivity contribution >= 4 is 44.4 Å². The molecule has 0 fully saturated rings. The number of amides is 1. The number of thiazole rings is 1. The number of aromatic nitrogens is 1. The van der Waals surface area contributed by atoms with E-state index in [0.29, 0.717) is 11.6 Å². The van der Waals surface area contributed by atoms with Crippen molar-refractivity contribution in [2.75, 3.05) is 11.1 Å². The molecule has 0 radical (unpaired) electrons. The second-order valence-corrected chi connectivity index (χ2v) is 7.95. The minimum Gasteiger partial charge on any atom is -0.302 e. The van der Waals surface area contributed by atoms with Crippen LogP contribution in [0.3, 0.4) is 0 Å². The van der Waals surface area contributed by atoms with Gasteiger partial charge in [-0.3, -0.25) is 4.79 Å². The molecule has 124 valence electrons. The first-order valence-electron chi connectivity index (χ1n) is 7.97. The molecular formula is C19H20N2OS2. The second kappa shape index (κ2) is 7.81. The van der Waals surface area contributed by atoms with Crippen molar-refractivity contribution in [2.45, 2.75) is 31.6 Å². The lowest BCUT2D eigenvalue weighted by atomic mass is 10.2. The molecule has 5 heteroatoms. The number of hydrogen-bond acceptors (Lipinski definition) is 4. The zero-order valence-corrected chi connectivity index (χ0v) is 15.5. The fraction of sp³-hybridized carbons (Fsp3) is 0.263. The van der Waals surface area contributed by atoms with E-state index in [1.54, 1.807) is 11.8 Å². The molecule has 0 aliphatic heterocycles. The van der Waals surface area contributed by atoms with Crippen LogP contribution >= 0.6 is 23.1 Å². The quantitative estimate of drug-likeness (QED) is 0.473. The minimum atomic E-state index is 0.0382. The van der Waals surface area contributed by atoms with E-state index in [9.17, 15) is 4.79 Å². The molecule has 0 spiro atoms. The zero-order valence-electron chi connectivity index (χ0n) is 13.8. The average molecular weight is 357 g/mol. The van der Waals surface area contributed by atoms with Gasteiger partial charge in [-0.15, -0.1) is 11.8 Å². The highest BCUT2D eigenvalue weighted by Crippen LogP contribution is 2.28. The van der Waals surface area contributed by atoms with Gasteiger partial charge >= 0.3 is 0 Å². The van der Waals surface area contributed by atoms with Gasteiger partial charge in [-0.25, -0.2) is 4.98 Å². The average Bonchev–Trinajstić information content (AvgIpc) is 2.97. The van der Waals surface area contributed by atoms with E-state index in [4.69, 9.17) is 0 Å². The number of fused-ring (bicyclic) bond motifs is 1. The molecule has 3 rings (SSSR count). The summed E-state index contributed by atoms with van der Waals surface area (Å²) in [5, 5.41) is 3.61. The van der Waals surface area contributed by atoms with Gasteiger partial charge in [0.25, 0.3) is 0 Å². The molecule has 3 aromatic rings. The van der Waals surface area contributed by atoms with Gasteiger partial charge in [0.2, 0.25) is 5.91 Å². The van der Waals surface area contributed by atoms with Crippen LogP contribution in [0.5, 0.6) is 0 Å². The minimum absolute atomic E-state index is 0.0382. The summed E-state index contributed by atoms with van der Waals surface area (Å²) >= 11 is 3.32. The Morgan fingerprint density at radius 1 is 1.17 bits per heavy atom. The van der Waals surface area contributed by atoms with E-state index in [2.05, 4.69) is 41.5 Å². The number of nitrogens with zero attached hydrogens (tertiary/aromatic N) is 1. The van der Waals surface area contributed by atoms with Gasteiger partial charge in [0.15, 0.2) is 5.13 Å². The predicted molar refractivity (Wildman–Crippen MR) is 104 cm³/mol. The molecule has 2 aromatic carbocycles. The monoisotopic (exact) mass is 356 g/mol. The maximum atomic E-state index is 12.1. The summed E-state index contributed by atoms with van der Waals surface area (Å²) in [4.78, 5) is 17.8. The molecule has 0 saturated heterocycles. The molecular weight excluding hydrogens is 336 g/mol. The van der Waals surface area contributed by atoms with E-state index < -0.39 is 0 Å². The maximum Gasteiger partial charge on any atom is 0.226 e. The van der Waals surface area contributed by atoms with Crippen molar-refractivity contribution in [2.24, 2.45) is 0 Å². The van der Waals surface area contributed by atoms with Crippen LogP contribution in [0.4, 0.5) is 5.13 Å². The topological polar surface area (TPSA) is 42.0 Å². The third-order valence-electron chi connectivity index (χ3n) is 3.70. The van der Waals surface area contributed by atoms with Gasteiger partial charge in [-0.1, -0.05) is 41.2 Å². The van der Waals surface area contributed by atoms with E-state index in [-0.39, 0.29) is 5.91 Å². The number of para-hydroxylation sites is 1. The Morgan fingerprint density at radius 2 is 1.96 bits per heavy atom. The Balaban J connectivity index is 1.46. The normalized spacial score (nSPS) is 10.9. The number of carbonyl (C=O) groups excluding carboxylic acids is 1. The van der Waals surface area contributed by atoms with Gasteiger partial charge in [-0.2, -0.15) is 0 Å². The number of nitrogens with one attached hydrogen (secondary N) is 1. The number of anilines is 1. The third-order valence-corrected chi connectivity index (χ3v) is 5.74. The summed E-state index contributed by atoms with van der Waals surface area (Å²) in [6, 6.07) is 14.6. The molecule has 0 bridgehead atoms. The number of hydrogen-bond donors (Lipinski definition) is 1. The molecule has 24 heavy (non-hydrogen) atoms. The van der Waals surface area contributed by atoms with Crippen molar-refractivity contribution in [3.8, 4) is 0 Å². The van der Waals surface area contributed by atoms with Gasteiger partial charge in [0.1, 0.15) is 0 Å². The van der Waals surface area contributed by atoms with Crippen molar-refractivity contribution in [1.82, 2.24) is 4.98 Å². The van der Waals surface area contributed by atoms with Gasteiger partial charge in [-0.05, 0) is 49.8 Å². The third kappa shape index (κ3) is 4.36. The zero-order chi connectivity index (χ0) is 16.9. The van der Waals surface area contributed by atoms with Crippen LogP contribution in [0.15, 0.2) is 47.4 Å². The standard InChI is InChI=1S/C19H20N2OS2/c1-13-8-10-15(11-9-13)23-12-4-7-17(22)20-19-21-18-14(2)5-3-6-16(18)24-19/h3,5-6,8-11H,4,7,12H2,1-2H3,(H,20,21,22). The summed E-state index contributed by atoms with van der Waals surface area (Å²) in [6.45, 7) is 4.12. The van der Waals surface area contributed by atoms with Crippen LogP contribution < -0.4 is 5.32 Å². The van der Waals surface area contributed by atoms with Crippen LogP contribution in [0, 0.1) is 13.8 Å². The van der Waals surface area contributed by atoms with Crippen LogP contribution in [0.25, 0.3) is 10.2 Å². The predicted octanol–water partition coefficient (Wildman–Crippen LogP) is 5.42. The largest absolute Gasteiger partial charge is 0.302 e. The number of benzene rings is 2. The van der Waals surface area contributed by atoms with Crippen molar-refractivity contribution in [1.29, 1.82) is 0 Å². The van der Waals surface area contributed by atoms with E-state index >= 15 is 0 Å². The van der Waals surface area contributed by atoms with Gasteiger partial charge < -0.3 is 5.32 Å². The van der Waals surface area contributed by atoms with Gasteiger partial charge in [0.05, 0.1) is 10.2 Å². The smallest absolute Gasteiger partial charge is 0.226 e. The summed E-state index contributed by atoms with van der Waals surface area (Å²) in [6.07, 6.45) is 1.38. The number of carbonyl (C=O) groups is 1. The Bertz CT molecular complexity index is 840. The molecule has 1 heterocycles. The fourth-order valence-electron chi connectivity index (χ4n) is 2.38. The van der Waals surface area contributed by atoms with Crippen LogP contribution in [-0.4, -0.2) is 16.6 Å². The molecule has 0 atom stereocenters. The molecule has 0 saturated carbocycles. The van der Waals surface area contributed by atoms with Crippen molar-refractivity contribution in [3.63, 3.8) is 0 Å². The summed E-state index contributed by atoms with van der Waals surface area (Å²) in [7, 11) is 0. The van der Waals surface area contributed by atoms with Crippen LogP contribution in [0.1, 0.15) is 24.0 Å². The molecule has 1 aromatic heterocycles. The van der Waals surface area contributed by atoms with E-state index in [1.807, 2.05) is 25.1 Å². The highest BCUT2D eigenvalue weighted by Gasteiger charge is 2.09. The molecule has 3 nitrogen and oxygen atoms in total.